The fraction of sp³-hybridized carbons (Fsp3) is 0.125. The number of rotatable bonds is 3. The molecule has 0 fully saturated rings. The van der Waals surface area contributed by atoms with Crippen LogP contribution >= 0.6 is 35.0 Å². The first kappa shape index (κ1) is 10.7. The first-order valence-electron chi connectivity index (χ1n) is 3.95. The lowest BCUT2D eigenvalue weighted by Gasteiger charge is -1.98. The average Bonchev–Trinajstić information content (AvgIpc) is 2.65. The molecule has 0 aliphatic rings. The molecule has 7 heteroatoms. The smallest absolute Gasteiger partial charge is 0.255 e. The van der Waals surface area contributed by atoms with Crippen LogP contribution in [0.3, 0.4) is 0 Å². The summed E-state index contributed by atoms with van der Waals surface area (Å²) in [4.78, 5) is 12.0. The highest BCUT2D eigenvalue weighted by Crippen LogP contribution is 2.20. The van der Waals surface area contributed by atoms with Gasteiger partial charge in [-0.2, -0.15) is 0 Å². The van der Waals surface area contributed by atoms with E-state index in [1.807, 2.05) is 0 Å². The summed E-state index contributed by atoms with van der Waals surface area (Å²) in [6, 6.07) is 1.49. The Kier molecular flexibility index (Phi) is 3.45. The summed E-state index contributed by atoms with van der Waals surface area (Å²) < 4.78 is 5.05. The van der Waals surface area contributed by atoms with E-state index in [4.69, 9.17) is 27.6 Å². The van der Waals surface area contributed by atoms with Crippen molar-refractivity contribution in [3.63, 3.8) is 0 Å². The van der Waals surface area contributed by atoms with E-state index in [0.717, 1.165) is 0 Å². The number of halogens is 2. The highest BCUT2D eigenvalue weighted by molar-refractivity contribution is 7.98. The van der Waals surface area contributed by atoms with Gasteiger partial charge in [0.2, 0.25) is 0 Å². The van der Waals surface area contributed by atoms with Gasteiger partial charge in [0.15, 0.2) is 0 Å². The Bertz CT molecular complexity index is 429. The van der Waals surface area contributed by atoms with E-state index in [-0.39, 0.29) is 0 Å². The summed E-state index contributed by atoms with van der Waals surface area (Å²) in [5.41, 5.74) is 0. The molecule has 2 rings (SSSR count). The minimum Gasteiger partial charge on any atom is -0.440 e. The second-order valence-corrected chi connectivity index (χ2v) is 4.22. The molecule has 78 valence electrons. The molecule has 0 aromatic carbocycles. The fourth-order valence-corrected chi connectivity index (χ4v) is 2.01. The molecule has 0 radical (unpaired) electrons. The molecular formula is C8H5Cl2N3OS. The summed E-state index contributed by atoms with van der Waals surface area (Å²) in [5.74, 6) is 1.07. The third-order valence-corrected chi connectivity index (χ3v) is 2.68. The largest absolute Gasteiger partial charge is 0.440 e. The lowest BCUT2D eigenvalue weighted by molar-refractivity contribution is 0.454. The maximum atomic E-state index is 5.73. The third kappa shape index (κ3) is 3.09. The number of thioether (sulfide) groups is 1. The Morgan fingerprint density at radius 3 is 2.60 bits per heavy atom. The summed E-state index contributed by atoms with van der Waals surface area (Å²) in [6.45, 7) is 0. The van der Waals surface area contributed by atoms with Crippen molar-refractivity contribution in [2.24, 2.45) is 0 Å². The molecule has 2 aromatic heterocycles. The van der Waals surface area contributed by atoms with Crippen molar-refractivity contribution in [3.8, 4) is 0 Å². The SMILES string of the molecule is Clc1cc(Cl)nc(CSc2ncco2)n1. The molecule has 0 unspecified atom stereocenters. The van der Waals surface area contributed by atoms with Gasteiger partial charge in [-0.3, -0.25) is 0 Å². The number of aromatic nitrogens is 3. The highest BCUT2D eigenvalue weighted by Gasteiger charge is 2.04. The van der Waals surface area contributed by atoms with Gasteiger partial charge in [0, 0.05) is 6.07 Å². The van der Waals surface area contributed by atoms with E-state index in [1.54, 1.807) is 6.20 Å². The quantitative estimate of drug-likeness (QED) is 0.628. The zero-order valence-electron chi connectivity index (χ0n) is 7.35. The van der Waals surface area contributed by atoms with Gasteiger partial charge in [-0.05, 0) is 0 Å². The second-order valence-electron chi connectivity index (χ2n) is 2.52. The van der Waals surface area contributed by atoms with Gasteiger partial charge in [0.05, 0.1) is 11.9 Å². The molecule has 0 spiro atoms. The van der Waals surface area contributed by atoms with Crippen LogP contribution in [0.4, 0.5) is 0 Å². The van der Waals surface area contributed by atoms with Gasteiger partial charge in [-0.15, -0.1) is 0 Å². The molecule has 0 bridgehead atoms. The predicted octanol–water partition coefficient (Wildman–Crippen LogP) is 3.06. The maximum Gasteiger partial charge on any atom is 0.255 e. The minimum atomic E-state index is 0.331. The van der Waals surface area contributed by atoms with Crippen molar-refractivity contribution in [2.75, 3.05) is 0 Å². The summed E-state index contributed by atoms with van der Waals surface area (Å²) in [7, 11) is 0. The van der Waals surface area contributed by atoms with E-state index in [9.17, 15) is 0 Å². The van der Waals surface area contributed by atoms with Gasteiger partial charge in [0.25, 0.3) is 5.22 Å². The van der Waals surface area contributed by atoms with Crippen molar-refractivity contribution in [3.05, 3.63) is 34.7 Å². The van der Waals surface area contributed by atoms with Crippen LogP contribution in [0.25, 0.3) is 0 Å². The van der Waals surface area contributed by atoms with Crippen LogP contribution in [-0.4, -0.2) is 15.0 Å². The van der Waals surface area contributed by atoms with Crippen LogP contribution in [0, 0.1) is 0 Å². The summed E-state index contributed by atoms with van der Waals surface area (Å²) >= 11 is 12.8. The van der Waals surface area contributed by atoms with Gasteiger partial charge < -0.3 is 4.42 Å². The zero-order valence-corrected chi connectivity index (χ0v) is 9.68. The molecule has 0 amide bonds. The van der Waals surface area contributed by atoms with E-state index >= 15 is 0 Å². The minimum absolute atomic E-state index is 0.331. The van der Waals surface area contributed by atoms with E-state index in [0.29, 0.717) is 27.1 Å². The molecule has 0 atom stereocenters. The van der Waals surface area contributed by atoms with E-state index < -0.39 is 0 Å². The molecule has 0 saturated heterocycles. The normalized spacial score (nSPS) is 10.5. The van der Waals surface area contributed by atoms with Crippen molar-refractivity contribution < 1.29 is 4.42 Å². The van der Waals surface area contributed by atoms with Crippen LogP contribution in [0.15, 0.2) is 28.2 Å². The van der Waals surface area contributed by atoms with Crippen LogP contribution in [-0.2, 0) is 5.75 Å². The van der Waals surface area contributed by atoms with Crippen molar-refractivity contribution >= 4 is 35.0 Å². The number of oxazole rings is 1. The Morgan fingerprint density at radius 2 is 2.00 bits per heavy atom. The van der Waals surface area contributed by atoms with E-state index in [1.165, 1.54) is 24.1 Å². The fourth-order valence-electron chi connectivity index (χ4n) is 0.907. The van der Waals surface area contributed by atoms with Gasteiger partial charge in [-0.1, -0.05) is 35.0 Å². The maximum absolute atomic E-state index is 5.73. The zero-order chi connectivity index (χ0) is 10.7. The predicted molar refractivity (Wildman–Crippen MR) is 58.1 cm³/mol. The topological polar surface area (TPSA) is 51.8 Å². The molecule has 2 heterocycles. The lowest BCUT2D eigenvalue weighted by Crippen LogP contribution is -1.93. The van der Waals surface area contributed by atoms with Crippen molar-refractivity contribution in [2.45, 2.75) is 11.0 Å². The Labute approximate surface area is 100 Å². The van der Waals surface area contributed by atoms with E-state index in [2.05, 4.69) is 15.0 Å². The molecule has 0 aliphatic heterocycles. The van der Waals surface area contributed by atoms with Crippen LogP contribution in [0.1, 0.15) is 5.82 Å². The number of hydrogen-bond donors (Lipinski definition) is 0. The van der Waals surface area contributed by atoms with Crippen molar-refractivity contribution in [1.82, 2.24) is 15.0 Å². The number of nitrogens with zero attached hydrogens (tertiary/aromatic N) is 3. The lowest BCUT2D eigenvalue weighted by atomic mass is 10.6. The Hall–Kier alpha value is -0.780. The average molecular weight is 262 g/mol. The van der Waals surface area contributed by atoms with Gasteiger partial charge >= 0.3 is 0 Å². The third-order valence-electron chi connectivity index (χ3n) is 1.44. The molecule has 15 heavy (non-hydrogen) atoms. The van der Waals surface area contributed by atoms with Crippen LogP contribution in [0.5, 0.6) is 0 Å². The van der Waals surface area contributed by atoms with Crippen molar-refractivity contribution in [1.29, 1.82) is 0 Å². The first-order valence-corrected chi connectivity index (χ1v) is 5.69. The molecule has 0 N–H and O–H groups in total. The Morgan fingerprint density at radius 1 is 1.27 bits per heavy atom. The monoisotopic (exact) mass is 261 g/mol. The second kappa shape index (κ2) is 4.83. The Balaban J connectivity index is 2.05. The number of hydrogen-bond acceptors (Lipinski definition) is 5. The van der Waals surface area contributed by atoms with Gasteiger partial charge in [0.1, 0.15) is 22.4 Å². The van der Waals surface area contributed by atoms with Crippen LogP contribution in [0.2, 0.25) is 10.3 Å². The van der Waals surface area contributed by atoms with Gasteiger partial charge in [-0.25, -0.2) is 15.0 Å². The van der Waals surface area contributed by atoms with Crippen LogP contribution < -0.4 is 0 Å². The highest BCUT2D eigenvalue weighted by atomic mass is 35.5. The first-order chi connectivity index (χ1) is 7.24. The summed E-state index contributed by atoms with van der Waals surface area (Å²) in [5, 5.41) is 1.23. The molecule has 0 saturated carbocycles. The molecule has 4 nitrogen and oxygen atoms in total. The summed E-state index contributed by atoms with van der Waals surface area (Å²) in [6.07, 6.45) is 3.09. The molecular weight excluding hydrogens is 257 g/mol. The standard InChI is InChI=1S/C8H5Cl2N3OS/c9-5-3-6(10)13-7(12-5)4-15-8-11-1-2-14-8/h1-3H,4H2. The molecule has 2 aromatic rings. The molecule has 0 aliphatic carbocycles.